The predicted molar refractivity (Wildman–Crippen MR) is 85.7 cm³/mol. The number of nitrogens with zero attached hydrogens (tertiary/aromatic N) is 3. The topological polar surface area (TPSA) is 48.5 Å². The van der Waals surface area contributed by atoms with Crippen molar-refractivity contribution in [3.8, 4) is 0 Å². The first-order valence-electron chi connectivity index (χ1n) is 7.65. The van der Waals surface area contributed by atoms with E-state index in [0.717, 1.165) is 37.6 Å². The number of aromatic nitrogens is 1. The highest BCUT2D eigenvalue weighted by atomic mass is 16.2. The third-order valence-corrected chi connectivity index (χ3v) is 4.01. The van der Waals surface area contributed by atoms with E-state index in [-0.39, 0.29) is 5.91 Å². The number of pyridine rings is 1. The van der Waals surface area contributed by atoms with Gasteiger partial charge in [0.1, 0.15) is 0 Å². The van der Waals surface area contributed by atoms with E-state index in [2.05, 4.69) is 22.2 Å². The van der Waals surface area contributed by atoms with E-state index < -0.39 is 0 Å². The van der Waals surface area contributed by atoms with Gasteiger partial charge in [-0.1, -0.05) is 0 Å². The molecule has 116 valence electrons. The highest BCUT2D eigenvalue weighted by Gasteiger charge is 2.24. The molecule has 0 radical (unpaired) electrons. The number of rotatable bonds is 5. The molecule has 1 aliphatic heterocycles. The Balaban J connectivity index is 2.08. The molecule has 0 spiro atoms. The molecule has 1 N–H and O–H groups in total. The fraction of sp³-hybridized carbons (Fsp3) is 0.625. The van der Waals surface area contributed by atoms with E-state index in [4.69, 9.17) is 0 Å². The van der Waals surface area contributed by atoms with Crippen molar-refractivity contribution in [2.75, 3.05) is 45.6 Å². The van der Waals surface area contributed by atoms with Gasteiger partial charge in [-0.25, -0.2) is 0 Å². The third-order valence-electron chi connectivity index (χ3n) is 4.01. The Morgan fingerprint density at radius 3 is 2.95 bits per heavy atom. The van der Waals surface area contributed by atoms with Crippen molar-refractivity contribution in [2.45, 2.75) is 20.3 Å². The molecule has 1 aliphatic rings. The summed E-state index contributed by atoms with van der Waals surface area (Å²) < 4.78 is 0. The van der Waals surface area contributed by atoms with E-state index in [1.54, 1.807) is 6.20 Å². The van der Waals surface area contributed by atoms with Crippen LogP contribution in [0, 0.1) is 12.8 Å². The molecule has 0 aromatic carbocycles. The highest BCUT2D eigenvalue weighted by Crippen LogP contribution is 2.20. The van der Waals surface area contributed by atoms with E-state index in [1.165, 1.54) is 6.42 Å². The lowest BCUT2D eigenvalue weighted by Gasteiger charge is -2.22. The minimum Gasteiger partial charge on any atom is -0.385 e. The predicted octanol–water partition coefficient (Wildman–Crippen LogP) is 1.85. The molecular weight excluding hydrogens is 264 g/mol. The maximum atomic E-state index is 12.7. The number of amides is 1. The van der Waals surface area contributed by atoms with Gasteiger partial charge in [-0.3, -0.25) is 9.78 Å². The van der Waals surface area contributed by atoms with Gasteiger partial charge >= 0.3 is 0 Å². The minimum atomic E-state index is 0.0491. The normalized spacial score (nSPS) is 18.8. The molecule has 1 fully saturated rings. The Kier molecular flexibility index (Phi) is 5.17. The van der Waals surface area contributed by atoms with E-state index >= 15 is 0 Å². The van der Waals surface area contributed by atoms with Gasteiger partial charge in [0, 0.05) is 38.6 Å². The maximum Gasteiger partial charge on any atom is 0.257 e. The van der Waals surface area contributed by atoms with Crippen LogP contribution in [0.2, 0.25) is 0 Å². The van der Waals surface area contributed by atoms with Crippen molar-refractivity contribution in [1.29, 1.82) is 0 Å². The van der Waals surface area contributed by atoms with Crippen LogP contribution >= 0.6 is 0 Å². The Morgan fingerprint density at radius 2 is 2.33 bits per heavy atom. The van der Waals surface area contributed by atoms with Gasteiger partial charge < -0.3 is 15.1 Å². The van der Waals surface area contributed by atoms with Crippen molar-refractivity contribution in [3.63, 3.8) is 0 Å². The summed E-state index contributed by atoms with van der Waals surface area (Å²) >= 11 is 0. The summed E-state index contributed by atoms with van der Waals surface area (Å²) in [5, 5.41) is 3.26. The third kappa shape index (κ3) is 3.94. The van der Waals surface area contributed by atoms with Crippen LogP contribution in [0.4, 0.5) is 5.69 Å². The summed E-state index contributed by atoms with van der Waals surface area (Å²) in [4.78, 5) is 21.1. The molecule has 1 aromatic heterocycles. The molecule has 5 heteroatoms. The molecule has 0 saturated carbocycles. The molecule has 5 nitrogen and oxygen atoms in total. The largest absolute Gasteiger partial charge is 0.385 e. The molecular formula is C16H26N4O. The SMILES string of the molecule is CCNc1cc(C)ncc1C(=O)N(C)CC1CCN(C)C1. The Hall–Kier alpha value is -1.62. The summed E-state index contributed by atoms with van der Waals surface area (Å²) in [5.41, 5.74) is 2.46. The number of aryl methyl sites for hydroxylation is 1. The number of anilines is 1. The molecule has 1 unspecified atom stereocenters. The van der Waals surface area contributed by atoms with Gasteiger partial charge in [0.15, 0.2) is 0 Å². The first kappa shape index (κ1) is 15.8. The zero-order valence-electron chi connectivity index (χ0n) is 13.5. The van der Waals surface area contributed by atoms with Crippen LogP contribution in [-0.2, 0) is 0 Å². The standard InChI is InChI=1S/C16H26N4O/c1-5-17-15-8-12(2)18-9-14(15)16(21)20(4)11-13-6-7-19(3)10-13/h8-9,13H,5-7,10-11H2,1-4H3,(H,17,18). The second kappa shape index (κ2) is 6.89. The first-order valence-corrected chi connectivity index (χ1v) is 7.65. The second-order valence-corrected chi connectivity index (χ2v) is 6.00. The summed E-state index contributed by atoms with van der Waals surface area (Å²) in [6.07, 6.45) is 2.85. The maximum absolute atomic E-state index is 12.7. The van der Waals surface area contributed by atoms with E-state index in [1.807, 2.05) is 31.9 Å². The monoisotopic (exact) mass is 290 g/mol. The van der Waals surface area contributed by atoms with Gasteiger partial charge in [-0.05, 0) is 45.8 Å². The van der Waals surface area contributed by atoms with Crippen molar-refractivity contribution in [1.82, 2.24) is 14.8 Å². The lowest BCUT2D eigenvalue weighted by molar-refractivity contribution is 0.0774. The van der Waals surface area contributed by atoms with Crippen LogP contribution in [0.25, 0.3) is 0 Å². The zero-order chi connectivity index (χ0) is 15.4. The molecule has 0 aliphatic carbocycles. The molecule has 2 rings (SSSR count). The summed E-state index contributed by atoms with van der Waals surface area (Å²) in [6, 6.07) is 1.94. The quantitative estimate of drug-likeness (QED) is 0.899. The summed E-state index contributed by atoms with van der Waals surface area (Å²) in [5.74, 6) is 0.623. The number of carbonyl (C=O) groups excluding carboxylic acids is 1. The average Bonchev–Trinajstić information content (AvgIpc) is 2.84. The zero-order valence-corrected chi connectivity index (χ0v) is 13.5. The summed E-state index contributed by atoms with van der Waals surface area (Å²) in [7, 11) is 4.02. The highest BCUT2D eigenvalue weighted by molar-refractivity contribution is 5.99. The van der Waals surface area contributed by atoms with E-state index in [0.29, 0.717) is 11.5 Å². The van der Waals surface area contributed by atoms with Crippen LogP contribution in [0.15, 0.2) is 12.3 Å². The number of nitrogens with one attached hydrogen (secondary N) is 1. The fourth-order valence-electron chi connectivity index (χ4n) is 2.92. The number of hydrogen-bond acceptors (Lipinski definition) is 4. The van der Waals surface area contributed by atoms with E-state index in [9.17, 15) is 4.79 Å². The summed E-state index contributed by atoms with van der Waals surface area (Å²) in [6.45, 7) is 7.77. The number of likely N-dealkylation sites (tertiary alicyclic amines) is 1. The van der Waals surface area contributed by atoms with Gasteiger partial charge in [0.05, 0.1) is 11.3 Å². The Labute approximate surface area is 127 Å². The number of hydrogen-bond donors (Lipinski definition) is 1. The van der Waals surface area contributed by atoms with Crippen LogP contribution in [0.5, 0.6) is 0 Å². The fourth-order valence-corrected chi connectivity index (χ4v) is 2.92. The molecule has 0 bridgehead atoms. The Bertz CT molecular complexity index is 503. The molecule has 1 saturated heterocycles. The average molecular weight is 290 g/mol. The molecule has 1 aromatic rings. The van der Waals surface area contributed by atoms with Crippen molar-refractivity contribution in [2.24, 2.45) is 5.92 Å². The number of carbonyl (C=O) groups is 1. The first-order chi connectivity index (χ1) is 10.0. The van der Waals surface area contributed by atoms with Crippen LogP contribution in [0.3, 0.4) is 0 Å². The van der Waals surface area contributed by atoms with Gasteiger partial charge in [0.25, 0.3) is 5.91 Å². The van der Waals surface area contributed by atoms with Crippen molar-refractivity contribution >= 4 is 11.6 Å². The molecule has 2 heterocycles. The second-order valence-electron chi connectivity index (χ2n) is 6.00. The minimum absolute atomic E-state index is 0.0491. The lowest BCUT2D eigenvalue weighted by atomic mass is 10.1. The van der Waals surface area contributed by atoms with Crippen molar-refractivity contribution in [3.05, 3.63) is 23.5 Å². The van der Waals surface area contributed by atoms with Gasteiger partial charge in [0.2, 0.25) is 0 Å². The van der Waals surface area contributed by atoms with Gasteiger partial charge in [-0.15, -0.1) is 0 Å². The van der Waals surface area contributed by atoms with Crippen LogP contribution < -0.4 is 5.32 Å². The Morgan fingerprint density at radius 1 is 1.57 bits per heavy atom. The van der Waals surface area contributed by atoms with Crippen LogP contribution in [-0.4, -0.2) is 61.0 Å². The van der Waals surface area contributed by atoms with Crippen molar-refractivity contribution < 1.29 is 4.79 Å². The lowest BCUT2D eigenvalue weighted by Crippen LogP contribution is -2.33. The molecule has 1 amide bonds. The smallest absolute Gasteiger partial charge is 0.257 e. The van der Waals surface area contributed by atoms with Crippen LogP contribution in [0.1, 0.15) is 29.4 Å². The molecule has 1 atom stereocenters. The molecule has 21 heavy (non-hydrogen) atoms. The van der Waals surface area contributed by atoms with Gasteiger partial charge in [-0.2, -0.15) is 0 Å².